The molecule has 2 amide bonds. The van der Waals surface area contributed by atoms with Gasteiger partial charge in [0.2, 0.25) is 21.8 Å². The van der Waals surface area contributed by atoms with E-state index in [1.54, 1.807) is 24.3 Å². The van der Waals surface area contributed by atoms with Gasteiger partial charge in [0.25, 0.3) is 0 Å². The van der Waals surface area contributed by atoms with Crippen LogP contribution in [0.1, 0.15) is 58.4 Å². The number of hydrogen-bond donors (Lipinski definition) is 1. The van der Waals surface area contributed by atoms with Crippen LogP contribution < -0.4 is 5.32 Å². The van der Waals surface area contributed by atoms with E-state index in [4.69, 9.17) is 0 Å². The van der Waals surface area contributed by atoms with E-state index in [1.807, 2.05) is 25.7 Å². The molecule has 1 fully saturated rings. The van der Waals surface area contributed by atoms with Crippen LogP contribution in [-0.4, -0.2) is 61.7 Å². The largest absolute Gasteiger partial charge is 0.352 e. The Labute approximate surface area is 180 Å². The molecule has 30 heavy (non-hydrogen) atoms. The number of likely N-dealkylation sites (tertiary alicyclic amines) is 1. The van der Waals surface area contributed by atoms with Crippen LogP contribution >= 0.6 is 0 Å². The average molecular weight is 438 g/mol. The SMILES string of the molecule is CCCC(=O)NC1CCCN(C(=O)CCc2ccc(S(=O)(=O)N(CC)CC)cc2)C1. The zero-order chi connectivity index (χ0) is 22.1. The Bertz CT molecular complexity index is 804. The summed E-state index contributed by atoms with van der Waals surface area (Å²) in [6.45, 7) is 7.77. The summed E-state index contributed by atoms with van der Waals surface area (Å²) < 4.78 is 26.6. The molecule has 0 radical (unpaired) electrons. The minimum atomic E-state index is -3.46. The van der Waals surface area contributed by atoms with E-state index in [2.05, 4.69) is 5.32 Å². The number of nitrogens with zero attached hydrogens (tertiary/aromatic N) is 2. The Kier molecular flexibility index (Phi) is 9.30. The van der Waals surface area contributed by atoms with Gasteiger partial charge in [0.15, 0.2) is 0 Å². The number of amides is 2. The highest BCUT2D eigenvalue weighted by molar-refractivity contribution is 7.89. The minimum Gasteiger partial charge on any atom is -0.352 e. The molecule has 1 unspecified atom stereocenters. The summed E-state index contributed by atoms with van der Waals surface area (Å²) in [5, 5.41) is 3.02. The van der Waals surface area contributed by atoms with Gasteiger partial charge in [-0.15, -0.1) is 0 Å². The number of aryl methyl sites for hydroxylation is 1. The number of piperidine rings is 1. The molecule has 1 aromatic rings. The van der Waals surface area contributed by atoms with Crippen LogP contribution in [0.4, 0.5) is 0 Å². The molecule has 0 aromatic heterocycles. The molecule has 1 aromatic carbocycles. The predicted molar refractivity (Wildman–Crippen MR) is 118 cm³/mol. The molecule has 1 aliphatic rings. The molecular weight excluding hydrogens is 402 g/mol. The fourth-order valence-corrected chi connectivity index (χ4v) is 5.26. The summed E-state index contributed by atoms with van der Waals surface area (Å²) in [7, 11) is -3.46. The number of carbonyl (C=O) groups is 2. The fourth-order valence-electron chi connectivity index (χ4n) is 3.80. The third-order valence-electron chi connectivity index (χ3n) is 5.51. The summed E-state index contributed by atoms with van der Waals surface area (Å²) in [5.41, 5.74) is 0.937. The van der Waals surface area contributed by atoms with E-state index in [1.165, 1.54) is 4.31 Å². The van der Waals surface area contributed by atoms with Gasteiger partial charge in [-0.05, 0) is 43.4 Å². The van der Waals surface area contributed by atoms with E-state index in [0.29, 0.717) is 38.9 Å². The first-order chi connectivity index (χ1) is 14.3. The van der Waals surface area contributed by atoms with Crippen LogP contribution in [-0.2, 0) is 26.0 Å². The molecule has 0 bridgehead atoms. The molecule has 1 atom stereocenters. The van der Waals surface area contributed by atoms with Crippen molar-refractivity contribution in [3.05, 3.63) is 29.8 Å². The molecular formula is C22H35N3O4S. The summed E-state index contributed by atoms with van der Waals surface area (Å²) in [6, 6.07) is 6.84. The van der Waals surface area contributed by atoms with Crippen molar-refractivity contribution in [3.63, 3.8) is 0 Å². The second-order valence-electron chi connectivity index (χ2n) is 7.73. The fraction of sp³-hybridized carbons (Fsp3) is 0.636. The van der Waals surface area contributed by atoms with Crippen molar-refractivity contribution in [1.29, 1.82) is 0 Å². The van der Waals surface area contributed by atoms with Gasteiger partial charge in [0.1, 0.15) is 0 Å². The number of sulfonamides is 1. The molecule has 1 aliphatic heterocycles. The molecule has 1 saturated heterocycles. The molecule has 2 rings (SSSR count). The van der Waals surface area contributed by atoms with E-state index in [-0.39, 0.29) is 22.8 Å². The van der Waals surface area contributed by atoms with Crippen molar-refractivity contribution in [2.75, 3.05) is 26.2 Å². The molecule has 0 aliphatic carbocycles. The number of carbonyl (C=O) groups excluding carboxylic acids is 2. The monoisotopic (exact) mass is 437 g/mol. The second-order valence-corrected chi connectivity index (χ2v) is 9.67. The van der Waals surface area contributed by atoms with Gasteiger partial charge in [-0.2, -0.15) is 4.31 Å². The van der Waals surface area contributed by atoms with Crippen molar-refractivity contribution in [2.45, 2.75) is 70.2 Å². The van der Waals surface area contributed by atoms with Crippen molar-refractivity contribution >= 4 is 21.8 Å². The molecule has 0 saturated carbocycles. The molecule has 168 valence electrons. The first-order valence-corrected chi connectivity index (χ1v) is 12.4. The molecule has 1 heterocycles. The highest BCUT2D eigenvalue weighted by Crippen LogP contribution is 2.18. The van der Waals surface area contributed by atoms with Crippen LogP contribution in [0.3, 0.4) is 0 Å². The standard InChI is InChI=1S/C22H35N3O4S/c1-4-8-21(26)23-19-9-7-16-24(17-19)22(27)15-12-18-10-13-20(14-11-18)30(28,29)25(5-2)6-3/h10-11,13-14,19H,4-9,12,15-17H2,1-3H3,(H,23,26). The Morgan fingerprint density at radius 2 is 1.77 bits per heavy atom. The van der Waals surface area contributed by atoms with E-state index in [9.17, 15) is 18.0 Å². The molecule has 8 heteroatoms. The third kappa shape index (κ3) is 6.54. The zero-order valence-corrected chi connectivity index (χ0v) is 19.2. The molecule has 7 nitrogen and oxygen atoms in total. The smallest absolute Gasteiger partial charge is 0.243 e. The zero-order valence-electron chi connectivity index (χ0n) is 18.4. The van der Waals surface area contributed by atoms with Crippen LogP contribution in [0.25, 0.3) is 0 Å². The highest BCUT2D eigenvalue weighted by Gasteiger charge is 2.25. The van der Waals surface area contributed by atoms with Crippen LogP contribution in [0, 0.1) is 0 Å². The van der Waals surface area contributed by atoms with E-state index >= 15 is 0 Å². The lowest BCUT2D eigenvalue weighted by Crippen LogP contribution is -2.49. The first-order valence-electron chi connectivity index (χ1n) is 11.0. The predicted octanol–water partition coefficient (Wildman–Crippen LogP) is 2.56. The van der Waals surface area contributed by atoms with Gasteiger partial charge in [-0.1, -0.05) is 32.9 Å². The van der Waals surface area contributed by atoms with Gasteiger partial charge in [-0.25, -0.2) is 8.42 Å². The van der Waals surface area contributed by atoms with Crippen LogP contribution in [0.2, 0.25) is 0 Å². The van der Waals surface area contributed by atoms with Gasteiger partial charge in [0.05, 0.1) is 4.90 Å². The normalized spacial score (nSPS) is 17.2. The van der Waals surface area contributed by atoms with Gasteiger partial charge >= 0.3 is 0 Å². The first kappa shape index (κ1) is 24.3. The number of nitrogens with one attached hydrogen (secondary N) is 1. The maximum Gasteiger partial charge on any atom is 0.243 e. The maximum absolute atomic E-state index is 12.6. The van der Waals surface area contributed by atoms with Gasteiger partial charge in [0, 0.05) is 45.1 Å². The summed E-state index contributed by atoms with van der Waals surface area (Å²) >= 11 is 0. The quantitative estimate of drug-likeness (QED) is 0.609. The van der Waals surface area contributed by atoms with Crippen molar-refractivity contribution in [2.24, 2.45) is 0 Å². The van der Waals surface area contributed by atoms with E-state index in [0.717, 1.165) is 31.4 Å². The Balaban J connectivity index is 1.89. The van der Waals surface area contributed by atoms with E-state index < -0.39 is 10.0 Å². The van der Waals surface area contributed by atoms with Crippen molar-refractivity contribution < 1.29 is 18.0 Å². The van der Waals surface area contributed by atoms with Crippen LogP contribution in [0.15, 0.2) is 29.2 Å². The lowest BCUT2D eigenvalue weighted by molar-refractivity contribution is -0.133. The van der Waals surface area contributed by atoms with Gasteiger partial charge < -0.3 is 10.2 Å². The van der Waals surface area contributed by atoms with Crippen molar-refractivity contribution in [1.82, 2.24) is 14.5 Å². The third-order valence-corrected chi connectivity index (χ3v) is 7.57. The maximum atomic E-state index is 12.6. The minimum absolute atomic E-state index is 0.0336. The lowest BCUT2D eigenvalue weighted by Gasteiger charge is -2.33. The topological polar surface area (TPSA) is 86.8 Å². The summed E-state index contributed by atoms with van der Waals surface area (Å²) in [4.78, 5) is 26.6. The van der Waals surface area contributed by atoms with Crippen LogP contribution in [0.5, 0.6) is 0 Å². The number of hydrogen-bond acceptors (Lipinski definition) is 4. The number of rotatable bonds is 10. The molecule has 1 N–H and O–H groups in total. The average Bonchev–Trinajstić information content (AvgIpc) is 2.73. The summed E-state index contributed by atoms with van der Waals surface area (Å²) in [6.07, 6.45) is 4.06. The summed E-state index contributed by atoms with van der Waals surface area (Å²) in [5.74, 6) is 0.126. The Hall–Kier alpha value is -1.93. The Morgan fingerprint density at radius 3 is 2.37 bits per heavy atom. The Morgan fingerprint density at radius 1 is 1.10 bits per heavy atom. The van der Waals surface area contributed by atoms with Gasteiger partial charge in [-0.3, -0.25) is 9.59 Å². The highest BCUT2D eigenvalue weighted by atomic mass is 32.2. The number of benzene rings is 1. The van der Waals surface area contributed by atoms with Crippen molar-refractivity contribution in [3.8, 4) is 0 Å². The lowest BCUT2D eigenvalue weighted by atomic mass is 10.0. The molecule has 0 spiro atoms. The second kappa shape index (κ2) is 11.5.